The van der Waals surface area contributed by atoms with E-state index in [4.69, 9.17) is 0 Å². The summed E-state index contributed by atoms with van der Waals surface area (Å²) in [5.41, 5.74) is 0.0693. The first-order chi connectivity index (χ1) is 10.5. The maximum Gasteiger partial charge on any atom is 0.416 e. The Bertz CT molecular complexity index is 409. The van der Waals surface area contributed by atoms with Gasteiger partial charge in [-0.1, -0.05) is 45.6 Å². The Labute approximate surface area is 131 Å². The standard InChI is InChI=1S/C11H13F3N2.C6H14/c12-11(13,14)9-2-1-3-10(8-9)16-6-4-15-5-7-16;1-3-5-6-4-2/h1-3,8,15H,4-7H2;3-6H2,1-2H3. The smallest absolute Gasteiger partial charge is 0.369 e. The van der Waals surface area contributed by atoms with Crippen molar-refractivity contribution in [1.82, 2.24) is 5.32 Å². The van der Waals surface area contributed by atoms with Crippen molar-refractivity contribution in [3.63, 3.8) is 0 Å². The molecular weight excluding hydrogens is 289 g/mol. The molecule has 0 aliphatic carbocycles. The van der Waals surface area contributed by atoms with Gasteiger partial charge in [0, 0.05) is 31.9 Å². The van der Waals surface area contributed by atoms with Crippen LogP contribution in [0.4, 0.5) is 18.9 Å². The predicted molar refractivity (Wildman–Crippen MR) is 86.3 cm³/mol. The Morgan fingerprint density at radius 2 is 1.64 bits per heavy atom. The Kier molecular flexibility index (Phi) is 8.31. The summed E-state index contributed by atoms with van der Waals surface area (Å²) in [5, 5.41) is 3.17. The van der Waals surface area contributed by atoms with Gasteiger partial charge < -0.3 is 10.2 Å². The molecule has 2 nitrogen and oxygen atoms in total. The molecule has 0 atom stereocenters. The quantitative estimate of drug-likeness (QED) is 0.810. The number of hydrogen-bond acceptors (Lipinski definition) is 2. The van der Waals surface area contributed by atoms with Crippen LogP contribution in [-0.4, -0.2) is 26.2 Å². The Morgan fingerprint density at radius 1 is 1.05 bits per heavy atom. The summed E-state index contributed by atoms with van der Waals surface area (Å²) in [6, 6.07) is 5.50. The van der Waals surface area contributed by atoms with E-state index >= 15 is 0 Å². The first-order valence-corrected chi connectivity index (χ1v) is 8.12. The van der Waals surface area contributed by atoms with Gasteiger partial charge in [-0.25, -0.2) is 0 Å². The molecule has 1 aliphatic rings. The molecule has 1 N–H and O–H groups in total. The summed E-state index contributed by atoms with van der Waals surface area (Å²) in [6.07, 6.45) is 1.28. The molecule has 0 spiro atoms. The maximum atomic E-state index is 12.5. The lowest BCUT2D eigenvalue weighted by molar-refractivity contribution is -0.137. The number of unbranched alkanes of at least 4 members (excludes halogenated alkanes) is 3. The molecule has 5 heteroatoms. The fraction of sp³-hybridized carbons (Fsp3) is 0.647. The molecule has 1 aromatic rings. The van der Waals surface area contributed by atoms with Gasteiger partial charge in [-0.3, -0.25) is 0 Å². The van der Waals surface area contributed by atoms with Crippen molar-refractivity contribution in [1.29, 1.82) is 0 Å². The normalized spacial score (nSPS) is 15.2. The number of nitrogens with zero attached hydrogens (tertiary/aromatic N) is 1. The van der Waals surface area contributed by atoms with Crippen LogP contribution >= 0.6 is 0 Å². The maximum absolute atomic E-state index is 12.5. The van der Waals surface area contributed by atoms with Crippen molar-refractivity contribution in [3.05, 3.63) is 29.8 Å². The van der Waals surface area contributed by atoms with Crippen LogP contribution in [0, 0.1) is 0 Å². The summed E-state index contributed by atoms with van der Waals surface area (Å²) in [4.78, 5) is 1.96. The molecule has 126 valence electrons. The number of hydrogen-bond donors (Lipinski definition) is 1. The number of benzene rings is 1. The van der Waals surface area contributed by atoms with Gasteiger partial charge in [-0.2, -0.15) is 13.2 Å². The minimum atomic E-state index is -4.26. The van der Waals surface area contributed by atoms with Crippen molar-refractivity contribution >= 4 is 5.69 Å². The lowest BCUT2D eigenvalue weighted by Gasteiger charge is -2.29. The zero-order valence-corrected chi connectivity index (χ0v) is 13.5. The van der Waals surface area contributed by atoms with Gasteiger partial charge in [0.2, 0.25) is 0 Å². The van der Waals surface area contributed by atoms with Crippen molar-refractivity contribution in [2.24, 2.45) is 0 Å². The SMILES string of the molecule is CCCCCC.FC(F)(F)c1cccc(N2CCNCC2)c1. The van der Waals surface area contributed by atoms with Crippen LogP contribution in [0.25, 0.3) is 0 Å². The van der Waals surface area contributed by atoms with Crippen molar-refractivity contribution in [3.8, 4) is 0 Å². The van der Waals surface area contributed by atoms with Crippen molar-refractivity contribution in [2.45, 2.75) is 45.7 Å². The van der Waals surface area contributed by atoms with Crippen molar-refractivity contribution < 1.29 is 13.2 Å². The molecule has 0 saturated carbocycles. The van der Waals surface area contributed by atoms with Crippen LogP contribution in [0.5, 0.6) is 0 Å². The van der Waals surface area contributed by atoms with E-state index in [9.17, 15) is 13.2 Å². The highest BCUT2D eigenvalue weighted by Gasteiger charge is 2.30. The highest BCUT2D eigenvalue weighted by molar-refractivity contribution is 5.49. The summed E-state index contributed by atoms with van der Waals surface area (Å²) >= 11 is 0. The monoisotopic (exact) mass is 316 g/mol. The number of anilines is 1. The number of piperazine rings is 1. The molecule has 0 amide bonds. The molecule has 1 aromatic carbocycles. The minimum absolute atomic E-state index is 0.580. The van der Waals surface area contributed by atoms with Gasteiger partial charge in [-0.05, 0) is 18.2 Å². The van der Waals surface area contributed by atoms with Crippen LogP contribution in [0.15, 0.2) is 24.3 Å². The number of nitrogens with one attached hydrogen (secondary N) is 1. The third-order valence-electron chi connectivity index (χ3n) is 3.61. The third kappa shape index (κ3) is 6.69. The largest absolute Gasteiger partial charge is 0.416 e. The Balaban J connectivity index is 0.000000346. The molecule has 1 fully saturated rings. The second-order valence-electron chi connectivity index (χ2n) is 5.49. The molecule has 0 aromatic heterocycles. The summed E-state index contributed by atoms with van der Waals surface area (Å²) in [5.74, 6) is 0. The fourth-order valence-corrected chi connectivity index (χ4v) is 2.30. The number of alkyl halides is 3. The molecule has 1 aliphatic heterocycles. The number of halogens is 3. The average molecular weight is 316 g/mol. The first kappa shape index (κ1) is 18.8. The van der Waals surface area contributed by atoms with E-state index in [1.807, 2.05) is 4.90 Å². The van der Waals surface area contributed by atoms with E-state index in [1.165, 1.54) is 37.8 Å². The topological polar surface area (TPSA) is 15.3 Å². The van der Waals surface area contributed by atoms with Gasteiger partial charge in [0.05, 0.1) is 5.56 Å². The molecule has 2 rings (SSSR count). The molecule has 0 unspecified atom stereocenters. The Hall–Kier alpha value is -1.23. The van der Waals surface area contributed by atoms with Crippen LogP contribution in [0.2, 0.25) is 0 Å². The van der Waals surface area contributed by atoms with Crippen molar-refractivity contribution in [2.75, 3.05) is 31.1 Å². The van der Waals surface area contributed by atoms with Crippen LogP contribution in [0.3, 0.4) is 0 Å². The van der Waals surface area contributed by atoms with E-state index in [-0.39, 0.29) is 0 Å². The summed E-state index contributed by atoms with van der Waals surface area (Å²) < 4.78 is 37.5. The van der Waals surface area contributed by atoms with Crippen LogP contribution in [0.1, 0.15) is 45.1 Å². The van der Waals surface area contributed by atoms with Gasteiger partial charge in [0.15, 0.2) is 0 Å². The third-order valence-corrected chi connectivity index (χ3v) is 3.61. The van der Waals surface area contributed by atoms with Gasteiger partial charge in [0.25, 0.3) is 0 Å². The predicted octanol–water partition coefficient (Wildman–Crippen LogP) is 4.70. The highest BCUT2D eigenvalue weighted by atomic mass is 19.4. The van der Waals surface area contributed by atoms with Gasteiger partial charge in [0.1, 0.15) is 0 Å². The molecule has 0 radical (unpaired) electrons. The van der Waals surface area contributed by atoms with Gasteiger partial charge in [-0.15, -0.1) is 0 Å². The Morgan fingerprint density at radius 3 is 2.14 bits per heavy atom. The van der Waals surface area contributed by atoms with Gasteiger partial charge >= 0.3 is 6.18 Å². The van der Waals surface area contributed by atoms with E-state index in [0.29, 0.717) is 5.69 Å². The van der Waals surface area contributed by atoms with E-state index < -0.39 is 11.7 Å². The molecule has 1 heterocycles. The molecule has 22 heavy (non-hydrogen) atoms. The highest BCUT2D eigenvalue weighted by Crippen LogP contribution is 2.31. The summed E-state index contributed by atoms with van der Waals surface area (Å²) in [6.45, 7) is 7.60. The fourth-order valence-electron chi connectivity index (χ4n) is 2.30. The second-order valence-corrected chi connectivity index (χ2v) is 5.49. The minimum Gasteiger partial charge on any atom is -0.369 e. The van der Waals surface area contributed by atoms with E-state index in [2.05, 4.69) is 19.2 Å². The molecule has 1 saturated heterocycles. The van der Waals surface area contributed by atoms with Crippen LogP contribution < -0.4 is 10.2 Å². The summed E-state index contributed by atoms with van der Waals surface area (Å²) in [7, 11) is 0. The molecular formula is C17H27F3N2. The van der Waals surface area contributed by atoms with E-state index in [0.717, 1.165) is 32.2 Å². The number of rotatable bonds is 4. The first-order valence-electron chi connectivity index (χ1n) is 8.12. The lowest BCUT2D eigenvalue weighted by atomic mass is 10.1. The zero-order chi connectivity index (χ0) is 16.4. The van der Waals surface area contributed by atoms with E-state index in [1.54, 1.807) is 6.07 Å². The zero-order valence-electron chi connectivity index (χ0n) is 13.5. The lowest BCUT2D eigenvalue weighted by Crippen LogP contribution is -2.43. The molecule has 0 bridgehead atoms. The average Bonchev–Trinajstić information content (AvgIpc) is 2.54. The second kappa shape index (κ2) is 9.72. The van der Waals surface area contributed by atoms with Crippen LogP contribution in [-0.2, 0) is 6.18 Å².